The van der Waals surface area contributed by atoms with Gasteiger partial charge in [0.2, 0.25) is 0 Å². The molecule has 1 aromatic rings. The summed E-state index contributed by atoms with van der Waals surface area (Å²) in [5.74, 6) is -1.30. The van der Waals surface area contributed by atoms with E-state index >= 15 is 0 Å². The van der Waals surface area contributed by atoms with Crippen LogP contribution in [0.1, 0.15) is 49.3 Å². The maximum Gasteiger partial charge on any atom is 0.419 e. The summed E-state index contributed by atoms with van der Waals surface area (Å²) >= 11 is 0. The molecule has 0 amide bonds. The number of rotatable bonds is 2. The molecule has 1 aliphatic carbocycles. The molecule has 19 heavy (non-hydrogen) atoms. The van der Waals surface area contributed by atoms with E-state index in [-0.39, 0.29) is 11.5 Å². The summed E-state index contributed by atoms with van der Waals surface area (Å²) < 4.78 is 50.7. The van der Waals surface area contributed by atoms with Gasteiger partial charge in [-0.1, -0.05) is 25.3 Å². The van der Waals surface area contributed by atoms with E-state index in [9.17, 15) is 22.7 Å². The van der Waals surface area contributed by atoms with Crippen molar-refractivity contribution >= 4 is 0 Å². The molecule has 1 saturated carbocycles. The Kier molecular flexibility index (Phi) is 4.13. The molecule has 1 atom stereocenters. The van der Waals surface area contributed by atoms with Crippen molar-refractivity contribution in [3.8, 4) is 0 Å². The highest BCUT2D eigenvalue weighted by Crippen LogP contribution is 2.37. The Bertz CT molecular complexity index is 436. The first-order valence-corrected chi connectivity index (χ1v) is 6.44. The van der Waals surface area contributed by atoms with Gasteiger partial charge in [0.05, 0.1) is 11.7 Å². The average molecular weight is 276 g/mol. The lowest BCUT2D eigenvalue weighted by atomic mass is 9.82. The summed E-state index contributed by atoms with van der Waals surface area (Å²) in [5, 5.41) is 10.1. The van der Waals surface area contributed by atoms with E-state index in [2.05, 4.69) is 0 Å². The van der Waals surface area contributed by atoms with Crippen molar-refractivity contribution in [2.45, 2.75) is 44.4 Å². The number of aliphatic hydroxyl groups is 1. The van der Waals surface area contributed by atoms with Crippen molar-refractivity contribution in [2.75, 3.05) is 0 Å². The maximum atomic E-state index is 13.4. The molecule has 0 spiro atoms. The number of benzene rings is 1. The molecule has 1 aromatic carbocycles. The highest BCUT2D eigenvalue weighted by atomic mass is 19.4. The second-order valence-corrected chi connectivity index (χ2v) is 5.08. The van der Waals surface area contributed by atoms with Gasteiger partial charge in [-0.2, -0.15) is 13.2 Å². The lowest BCUT2D eigenvalue weighted by Gasteiger charge is -2.27. The largest absolute Gasteiger partial charge is 0.419 e. The van der Waals surface area contributed by atoms with Gasteiger partial charge in [0.15, 0.2) is 0 Å². The molecule has 2 rings (SSSR count). The zero-order chi connectivity index (χ0) is 14.0. The number of aliphatic hydroxyl groups excluding tert-OH is 1. The van der Waals surface area contributed by atoms with Crippen LogP contribution in [0.25, 0.3) is 0 Å². The molecule has 1 nitrogen and oxygen atoms in total. The van der Waals surface area contributed by atoms with Crippen molar-refractivity contribution in [1.29, 1.82) is 0 Å². The smallest absolute Gasteiger partial charge is 0.388 e. The summed E-state index contributed by atoms with van der Waals surface area (Å²) in [6.45, 7) is 0. The normalized spacial score (nSPS) is 19.4. The molecule has 1 aliphatic rings. The van der Waals surface area contributed by atoms with Gasteiger partial charge in [0, 0.05) is 0 Å². The summed E-state index contributed by atoms with van der Waals surface area (Å²) in [7, 11) is 0. The third-order valence-corrected chi connectivity index (χ3v) is 3.74. The minimum Gasteiger partial charge on any atom is -0.388 e. The van der Waals surface area contributed by atoms with Crippen LogP contribution < -0.4 is 0 Å². The summed E-state index contributed by atoms with van der Waals surface area (Å²) in [6.07, 6.45) is -0.774. The third-order valence-electron chi connectivity index (χ3n) is 3.74. The third kappa shape index (κ3) is 3.26. The summed E-state index contributed by atoms with van der Waals surface area (Å²) in [5.41, 5.74) is -1.05. The standard InChI is InChI=1S/C14H16F4O/c15-12-8-10(6-7-11(12)14(16,17)18)13(19)9-4-2-1-3-5-9/h6-9,13,19H,1-5H2. The number of halogens is 4. The zero-order valence-electron chi connectivity index (χ0n) is 10.4. The van der Waals surface area contributed by atoms with Gasteiger partial charge in [0.1, 0.15) is 5.82 Å². The second kappa shape index (κ2) is 5.49. The molecule has 0 aliphatic heterocycles. The SMILES string of the molecule is OC(c1ccc(C(F)(F)F)c(F)c1)C1CCCCC1. The molecule has 0 bridgehead atoms. The molecule has 0 heterocycles. The Labute approximate surface area is 109 Å². The van der Waals surface area contributed by atoms with Crippen LogP contribution in [0, 0.1) is 11.7 Å². The predicted octanol–water partition coefficient (Wildman–Crippen LogP) is 4.46. The molecule has 1 fully saturated rings. The van der Waals surface area contributed by atoms with Crippen molar-refractivity contribution in [2.24, 2.45) is 5.92 Å². The quantitative estimate of drug-likeness (QED) is 0.791. The number of hydrogen-bond donors (Lipinski definition) is 1. The molecular formula is C14H16F4O. The Morgan fingerprint density at radius 3 is 2.26 bits per heavy atom. The molecule has 0 aromatic heterocycles. The Morgan fingerprint density at radius 2 is 1.74 bits per heavy atom. The van der Waals surface area contributed by atoms with Crippen molar-refractivity contribution < 1.29 is 22.7 Å². The summed E-state index contributed by atoms with van der Waals surface area (Å²) in [6, 6.07) is 2.68. The van der Waals surface area contributed by atoms with Crippen LogP contribution in [-0.4, -0.2) is 5.11 Å². The molecule has 0 saturated heterocycles. The Balaban J connectivity index is 2.19. The van der Waals surface area contributed by atoms with Gasteiger partial charge in [-0.25, -0.2) is 4.39 Å². The van der Waals surface area contributed by atoms with Gasteiger partial charge < -0.3 is 5.11 Å². The van der Waals surface area contributed by atoms with Crippen LogP contribution in [-0.2, 0) is 6.18 Å². The van der Waals surface area contributed by atoms with E-state index in [0.717, 1.165) is 38.2 Å². The average Bonchev–Trinajstić information content (AvgIpc) is 2.37. The topological polar surface area (TPSA) is 20.2 Å². The first kappa shape index (κ1) is 14.3. The van der Waals surface area contributed by atoms with Crippen molar-refractivity contribution in [3.63, 3.8) is 0 Å². The van der Waals surface area contributed by atoms with Gasteiger partial charge in [0.25, 0.3) is 0 Å². The van der Waals surface area contributed by atoms with E-state index in [1.165, 1.54) is 6.07 Å². The second-order valence-electron chi connectivity index (χ2n) is 5.08. The van der Waals surface area contributed by atoms with Crippen LogP contribution in [0.3, 0.4) is 0 Å². The highest BCUT2D eigenvalue weighted by molar-refractivity contribution is 5.28. The predicted molar refractivity (Wildman–Crippen MR) is 62.9 cm³/mol. The first-order valence-electron chi connectivity index (χ1n) is 6.44. The fourth-order valence-electron chi connectivity index (χ4n) is 2.67. The number of hydrogen-bond acceptors (Lipinski definition) is 1. The van der Waals surface area contributed by atoms with Gasteiger partial charge in [-0.3, -0.25) is 0 Å². The zero-order valence-corrected chi connectivity index (χ0v) is 10.4. The van der Waals surface area contributed by atoms with Crippen LogP contribution >= 0.6 is 0 Å². The molecule has 1 N–H and O–H groups in total. The Morgan fingerprint density at radius 1 is 1.11 bits per heavy atom. The maximum absolute atomic E-state index is 13.4. The van der Waals surface area contributed by atoms with Gasteiger partial charge >= 0.3 is 6.18 Å². The van der Waals surface area contributed by atoms with Gasteiger partial charge in [-0.15, -0.1) is 0 Å². The van der Waals surface area contributed by atoms with Crippen molar-refractivity contribution in [3.05, 3.63) is 35.1 Å². The van der Waals surface area contributed by atoms with Crippen molar-refractivity contribution in [1.82, 2.24) is 0 Å². The molecule has 5 heteroatoms. The number of alkyl halides is 3. The van der Waals surface area contributed by atoms with Gasteiger partial charge in [-0.05, 0) is 36.5 Å². The lowest BCUT2D eigenvalue weighted by Crippen LogP contribution is -2.17. The summed E-state index contributed by atoms with van der Waals surface area (Å²) in [4.78, 5) is 0. The van der Waals surface area contributed by atoms with E-state index in [1.54, 1.807) is 0 Å². The van der Waals surface area contributed by atoms with E-state index < -0.39 is 23.7 Å². The highest BCUT2D eigenvalue weighted by Gasteiger charge is 2.34. The van der Waals surface area contributed by atoms with E-state index in [4.69, 9.17) is 0 Å². The van der Waals surface area contributed by atoms with E-state index in [0.29, 0.717) is 6.07 Å². The minimum absolute atomic E-state index is 0.0184. The minimum atomic E-state index is -4.70. The monoisotopic (exact) mass is 276 g/mol. The molecule has 1 unspecified atom stereocenters. The fraction of sp³-hybridized carbons (Fsp3) is 0.571. The fourth-order valence-corrected chi connectivity index (χ4v) is 2.67. The van der Waals surface area contributed by atoms with Crippen LogP contribution in [0.4, 0.5) is 17.6 Å². The molecule has 106 valence electrons. The molecular weight excluding hydrogens is 260 g/mol. The molecule has 0 radical (unpaired) electrons. The van der Waals surface area contributed by atoms with Crippen LogP contribution in [0.15, 0.2) is 18.2 Å². The first-order chi connectivity index (χ1) is 8.89. The van der Waals surface area contributed by atoms with Crippen LogP contribution in [0.5, 0.6) is 0 Å². The van der Waals surface area contributed by atoms with E-state index in [1.807, 2.05) is 0 Å². The Hall–Kier alpha value is -1.10. The lowest BCUT2D eigenvalue weighted by molar-refractivity contribution is -0.140. The van der Waals surface area contributed by atoms with Crippen LogP contribution in [0.2, 0.25) is 0 Å².